The van der Waals surface area contributed by atoms with Crippen LogP contribution in [0, 0.1) is 0 Å². The van der Waals surface area contributed by atoms with Gasteiger partial charge >= 0.3 is 0 Å². The number of rotatable bonds is 4. The number of halogens is 1. The fourth-order valence-corrected chi connectivity index (χ4v) is 1.21. The maximum atomic E-state index is 11.2. The molecule has 1 aromatic carbocycles. The van der Waals surface area contributed by atoms with Crippen molar-refractivity contribution in [3.63, 3.8) is 0 Å². The molecule has 0 aromatic heterocycles. The second-order valence-corrected chi connectivity index (χ2v) is 3.04. The zero-order valence-electron chi connectivity index (χ0n) is 7.87. The Balaban J connectivity index is 2.64. The summed E-state index contributed by atoms with van der Waals surface area (Å²) in [6.07, 6.45) is 1.72. The standard InChI is InChI=1S/C11H11ClO2/c1-14-11-4-2-9(3-5-11)8-10(13)6-7-12/h2-7H,8H2,1H3. The topological polar surface area (TPSA) is 26.3 Å². The molecule has 0 unspecified atom stereocenters. The quantitative estimate of drug-likeness (QED) is 0.714. The van der Waals surface area contributed by atoms with Crippen LogP contribution in [0.1, 0.15) is 5.56 Å². The first-order valence-corrected chi connectivity index (χ1v) is 4.62. The third kappa shape index (κ3) is 3.23. The lowest BCUT2D eigenvalue weighted by atomic mass is 10.1. The molecular formula is C11H11ClO2. The molecule has 0 aliphatic heterocycles. The molecule has 2 nitrogen and oxygen atoms in total. The van der Waals surface area contributed by atoms with Crippen LogP contribution in [-0.2, 0) is 11.2 Å². The Kier molecular flexibility index (Phi) is 4.20. The summed E-state index contributed by atoms with van der Waals surface area (Å²) < 4.78 is 5.00. The van der Waals surface area contributed by atoms with Crippen molar-refractivity contribution in [3.8, 4) is 5.75 Å². The SMILES string of the molecule is COc1ccc(CC(=O)C=CCl)cc1. The van der Waals surface area contributed by atoms with Gasteiger partial charge in [0.05, 0.1) is 7.11 Å². The summed E-state index contributed by atoms with van der Waals surface area (Å²) in [5.74, 6) is 0.777. The van der Waals surface area contributed by atoms with E-state index in [0.29, 0.717) is 6.42 Å². The lowest BCUT2D eigenvalue weighted by molar-refractivity contribution is -0.114. The lowest BCUT2D eigenvalue weighted by Crippen LogP contribution is -1.97. The van der Waals surface area contributed by atoms with Gasteiger partial charge in [0.2, 0.25) is 0 Å². The smallest absolute Gasteiger partial charge is 0.160 e. The van der Waals surface area contributed by atoms with Gasteiger partial charge in [-0.2, -0.15) is 0 Å². The van der Waals surface area contributed by atoms with Crippen LogP contribution >= 0.6 is 11.6 Å². The Bertz CT molecular complexity index is 328. The van der Waals surface area contributed by atoms with E-state index in [1.807, 2.05) is 24.3 Å². The van der Waals surface area contributed by atoms with Crippen molar-refractivity contribution in [1.29, 1.82) is 0 Å². The summed E-state index contributed by atoms with van der Waals surface area (Å²) in [6.45, 7) is 0. The molecule has 0 fully saturated rings. The van der Waals surface area contributed by atoms with Crippen LogP contribution in [0.5, 0.6) is 5.75 Å². The first-order chi connectivity index (χ1) is 6.76. The van der Waals surface area contributed by atoms with Crippen molar-refractivity contribution in [3.05, 3.63) is 41.4 Å². The summed E-state index contributed by atoms with van der Waals surface area (Å²) in [6, 6.07) is 7.37. The number of carbonyl (C=O) groups excluding carboxylic acids is 1. The molecule has 74 valence electrons. The minimum absolute atomic E-state index is 0.00910. The van der Waals surface area contributed by atoms with Gasteiger partial charge in [0.1, 0.15) is 5.75 Å². The Hall–Kier alpha value is -1.28. The van der Waals surface area contributed by atoms with Crippen molar-refractivity contribution < 1.29 is 9.53 Å². The number of hydrogen-bond acceptors (Lipinski definition) is 2. The number of methoxy groups -OCH3 is 1. The van der Waals surface area contributed by atoms with Crippen molar-refractivity contribution in [2.75, 3.05) is 7.11 Å². The summed E-state index contributed by atoms with van der Waals surface area (Å²) >= 11 is 5.29. The van der Waals surface area contributed by atoms with E-state index in [0.717, 1.165) is 11.3 Å². The molecule has 0 N–H and O–H groups in total. The van der Waals surface area contributed by atoms with Crippen molar-refractivity contribution in [2.24, 2.45) is 0 Å². The molecular weight excluding hydrogens is 200 g/mol. The van der Waals surface area contributed by atoms with E-state index in [9.17, 15) is 4.79 Å². The van der Waals surface area contributed by atoms with E-state index in [4.69, 9.17) is 16.3 Å². The minimum Gasteiger partial charge on any atom is -0.497 e. The van der Waals surface area contributed by atoms with E-state index in [1.54, 1.807) is 7.11 Å². The molecule has 0 bridgehead atoms. The van der Waals surface area contributed by atoms with Crippen LogP contribution in [0.25, 0.3) is 0 Å². The number of benzene rings is 1. The minimum atomic E-state index is -0.00910. The second-order valence-electron chi connectivity index (χ2n) is 2.78. The average molecular weight is 211 g/mol. The molecule has 14 heavy (non-hydrogen) atoms. The summed E-state index contributed by atoms with van der Waals surface area (Å²) in [4.78, 5) is 11.2. The second kappa shape index (κ2) is 5.45. The highest BCUT2D eigenvalue weighted by atomic mass is 35.5. The maximum Gasteiger partial charge on any atom is 0.160 e. The van der Waals surface area contributed by atoms with Gasteiger partial charge in [-0.05, 0) is 23.8 Å². The van der Waals surface area contributed by atoms with Gasteiger partial charge in [-0.15, -0.1) is 0 Å². The molecule has 0 spiro atoms. The highest BCUT2D eigenvalue weighted by molar-refractivity contribution is 6.26. The van der Waals surface area contributed by atoms with E-state index < -0.39 is 0 Å². The molecule has 0 aliphatic carbocycles. The van der Waals surface area contributed by atoms with Crippen molar-refractivity contribution in [2.45, 2.75) is 6.42 Å². The average Bonchev–Trinajstić information content (AvgIpc) is 2.19. The number of allylic oxidation sites excluding steroid dienone is 1. The Morgan fingerprint density at radius 3 is 2.57 bits per heavy atom. The van der Waals surface area contributed by atoms with E-state index in [1.165, 1.54) is 11.6 Å². The Labute approximate surface area is 88.1 Å². The van der Waals surface area contributed by atoms with Gasteiger partial charge < -0.3 is 4.74 Å². The van der Waals surface area contributed by atoms with Crippen LogP contribution in [0.4, 0.5) is 0 Å². The highest BCUT2D eigenvalue weighted by Crippen LogP contribution is 2.11. The number of hydrogen-bond donors (Lipinski definition) is 0. The van der Waals surface area contributed by atoms with Gasteiger partial charge in [-0.3, -0.25) is 4.79 Å². The molecule has 0 heterocycles. The molecule has 0 saturated heterocycles. The largest absolute Gasteiger partial charge is 0.497 e. The molecule has 1 rings (SSSR count). The summed E-state index contributed by atoms with van der Waals surface area (Å²) in [5, 5.41) is 0. The van der Waals surface area contributed by atoms with Crippen LogP contribution in [-0.4, -0.2) is 12.9 Å². The van der Waals surface area contributed by atoms with Gasteiger partial charge in [0.25, 0.3) is 0 Å². The molecule has 1 aromatic rings. The summed E-state index contributed by atoms with van der Waals surface area (Å²) in [5.41, 5.74) is 2.18. The Morgan fingerprint density at radius 1 is 1.43 bits per heavy atom. The fourth-order valence-electron chi connectivity index (χ4n) is 1.07. The fraction of sp³-hybridized carbons (Fsp3) is 0.182. The van der Waals surface area contributed by atoms with E-state index in [2.05, 4.69) is 0 Å². The zero-order chi connectivity index (χ0) is 10.4. The monoisotopic (exact) mass is 210 g/mol. The predicted molar refractivity (Wildman–Crippen MR) is 56.7 cm³/mol. The first-order valence-electron chi connectivity index (χ1n) is 4.19. The molecule has 0 saturated carbocycles. The van der Waals surface area contributed by atoms with Crippen LogP contribution in [0.2, 0.25) is 0 Å². The third-order valence-electron chi connectivity index (χ3n) is 1.79. The molecule has 3 heteroatoms. The zero-order valence-corrected chi connectivity index (χ0v) is 8.62. The predicted octanol–water partition coefficient (Wildman–Crippen LogP) is 2.56. The number of ether oxygens (including phenoxy) is 1. The van der Waals surface area contributed by atoms with Crippen molar-refractivity contribution in [1.82, 2.24) is 0 Å². The van der Waals surface area contributed by atoms with Gasteiger partial charge in [-0.1, -0.05) is 23.7 Å². The van der Waals surface area contributed by atoms with Crippen molar-refractivity contribution >= 4 is 17.4 Å². The lowest BCUT2D eigenvalue weighted by Gasteiger charge is -2.00. The summed E-state index contributed by atoms with van der Waals surface area (Å²) in [7, 11) is 1.61. The first kappa shape index (κ1) is 10.8. The van der Waals surface area contributed by atoms with Gasteiger partial charge in [0, 0.05) is 12.0 Å². The third-order valence-corrected chi connectivity index (χ3v) is 1.91. The highest BCUT2D eigenvalue weighted by Gasteiger charge is 1.99. The molecule has 0 aliphatic rings. The van der Waals surface area contributed by atoms with Crippen LogP contribution in [0.15, 0.2) is 35.9 Å². The number of carbonyl (C=O) groups is 1. The number of ketones is 1. The molecule has 0 amide bonds. The molecule has 0 atom stereocenters. The normalized spacial score (nSPS) is 10.4. The maximum absolute atomic E-state index is 11.2. The van der Waals surface area contributed by atoms with E-state index in [-0.39, 0.29) is 5.78 Å². The Morgan fingerprint density at radius 2 is 2.07 bits per heavy atom. The van der Waals surface area contributed by atoms with Crippen LogP contribution < -0.4 is 4.74 Å². The van der Waals surface area contributed by atoms with Gasteiger partial charge in [0.15, 0.2) is 5.78 Å². The molecule has 0 radical (unpaired) electrons. The van der Waals surface area contributed by atoms with E-state index >= 15 is 0 Å². The van der Waals surface area contributed by atoms with Crippen LogP contribution in [0.3, 0.4) is 0 Å². The van der Waals surface area contributed by atoms with Gasteiger partial charge in [-0.25, -0.2) is 0 Å².